The minimum atomic E-state index is 0.232. The summed E-state index contributed by atoms with van der Waals surface area (Å²) in [5.74, 6) is 3.31. The van der Waals surface area contributed by atoms with Crippen molar-refractivity contribution in [3.63, 3.8) is 0 Å². The summed E-state index contributed by atoms with van der Waals surface area (Å²) in [5.41, 5.74) is 3.22. The van der Waals surface area contributed by atoms with E-state index in [0.29, 0.717) is 18.4 Å². The van der Waals surface area contributed by atoms with E-state index in [4.69, 9.17) is 4.74 Å². The van der Waals surface area contributed by atoms with Gasteiger partial charge < -0.3 is 10.1 Å². The second-order valence-electron chi connectivity index (χ2n) is 10.0. The maximum absolute atomic E-state index is 12.0. The highest BCUT2D eigenvalue weighted by atomic mass is 16.5. The molecule has 4 aliphatic rings. The van der Waals surface area contributed by atoms with E-state index in [2.05, 4.69) is 36.3 Å². The first kappa shape index (κ1) is 18.2. The molecule has 5 rings (SSSR count). The van der Waals surface area contributed by atoms with Gasteiger partial charge in [0.05, 0.1) is 13.3 Å². The van der Waals surface area contributed by atoms with Crippen molar-refractivity contribution in [3.05, 3.63) is 30.1 Å². The smallest absolute Gasteiger partial charge is 0.220 e. The molecule has 28 heavy (non-hydrogen) atoms. The molecule has 1 aromatic heterocycles. The Morgan fingerprint density at radius 3 is 2.82 bits per heavy atom. The van der Waals surface area contributed by atoms with Gasteiger partial charge in [-0.1, -0.05) is 19.9 Å². The Kier molecular flexibility index (Phi) is 4.12. The van der Waals surface area contributed by atoms with Gasteiger partial charge in [0.2, 0.25) is 5.91 Å². The van der Waals surface area contributed by atoms with Gasteiger partial charge in [0.25, 0.3) is 0 Å². The monoisotopic (exact) mass is 380 g/mol. The van der Waals surface area contributed by atoms with Crippen molar-refractivity contribution in [2.24, 2.45) is 28.6 Å². The maximum Gasteiger partial charge on any atom is 0.220 e. The average molecular weight is 381 g/mol. The number of carbonyl (C=O) groups is 1. The Morgan fingerprint density at radius 2 is 2.00 bits per heavy atom. The minimum absolute atomic E-state index is 0.232. The predicted octanol–water partition coefficient (Wildman–Crippen LogP) is 4.60. The molecule has 1 N–H and O–H groups in total. The topological polar surface area (TPSA) is 51.2 Å². The molecule has 6 atom stereocenters. The molecule has 1 unspecified atom stereocenters. The Labute approximate surface area is 168 Å². The Hall–Kier alpha value is -1.84. The highest BCUT2D eigenvalue weighted by Crippen LogP contribution is 2.65. The van der Waals surface area contributed by atoms with Crippen molar-refractivity contribution < 1.29 is 9.53 Å². The lowest BCUT2D eigenvalue weighted by Crippen LogP contribution is -2.60. The van der Waals surface area contributed by atoms with E-state index >= 15 is 0 Å². The number of allylic oxidation sites excluding steroid dienone is 2. The van der Waals surface area contributed by atoms with E-state index in [0.717, 1.165) is 30.4 Å². The van der Waals surface area contributed by atoms with E-state index in [1.807, 2.05) is 6.20 Å². The van der Waals surface area contributed by atoms with Crippen LogP contribution in [0.1, 0.15) is 64.4 Å². The van der Waals surface area contributed by atoms with Crippen LogP contribution in [0.5, 0.6) is 5.75 Å². The highest BCUT2D eigenvalue weighted by molar-refractivity contribution is 5.77. The molecule has 150 valence electrons. The summed E-state index contributed by atoms with van der Waals surface area (Å²) in [6, 6.07) is 2.53. The van der Waals surface area contributed by atoms with Crippen LogP contribution in [0.2, 0.25) is 0 Å². The van der Waals surface area contributed by atoms with Gasteiger partial charge in [-0.05, 0) is 84.3 Å². The van der Waals surface area contributed by atoms with Crippen molar-refractivity contribution >= 4 is 11.5 Å². The van der Waals surface area contributed by atoms with Gasteiger partial charge in [0.15, 0.2) is 0 Å². The lowest BCUT2D eigenvalue weighted by Gasteiger charge is -2.60. The number of methoxy groups -OCH3 is 1. The van der Waals surface area contributed by atoms with Crippen LogP contribution in [0.15, 0.2) is 24.5 Å². The number of hydrogen-bond acceptors (Lipinski definition) is 3. The van der Waals surface area contributed by atoms with Crippen LogP contribution >= 0.6 is 0 Å². The molecular weight excluding hydrogens is 348 g/mol. The van der Waals surface area contributed by atoms with E-state index < -0.39 is 0 Å². The third kappa shape index (κ3) is 2.49. The molecule has 1 aromatic rings. The number of hydrogen-bond donors (Lipinski definition) is 1. The highest BCUT2D eigenvalue weighted by Gasteiger charge is 2.58. The van der Waals surface area contributed by atoms with Crippen molar-refractivity contribution in [1.29, 1.82) is 0 Å². The van der Waals surface area contributed by atoms with Crippen LogP contribution in [-0.2, 0) is 4.79 Å². The zero-order valence-electron chi connectivity index (χ0n) is 17.3. The number of pyridine rings is 1. The first-order valence-corrected chi connectivity index (χ1v) is 10.9. The minimum Gasteiger partial charge on any atom is -0.495 e. The normalized spacial score (nSPS) is 42.0. The number of rotatable bonds is 2. The van der Waals surface area contributed by atoms with Crippen LogP contribution in [0, 0.1) is 28.6 Å². The summed E-state index contributed by atoms with van der Waals surface area (Å²) in [5, 5.41) is 3.33. The van der Waals surface area contributed by atoms with Crippen LogP contribution in [-0.4, -0.2) is 24.0 Å². The first-order chi connectivity index (χ1) is 13.5. The summed E-state index contributed by atoms with van der Waals surface area (Å²) in [6.45, 7) is 4.95. The first-order valence-electron chi connectivity index (χ1n) is 10.9. The van der Waals surface area contributed by atoms with Crippen molar-refractivity contribution in [2.75, 3.05) is 7.11 Å². The summed E-state index contributed by atoms with van der Waals surface area (Å²) in [7, 11) is 1.71. The Bertz CT molecular complexity index is 834. The van der Waals surface area contributed by atoms with Crippen LogP contribution in [0.4, 0.5) is 0 Å². The number of aromatic nitrogens is 1. The van der Waals surface area contributed by atoms with Gasteiger partial charge in [0.1, 0.15) is 5.75 Å². The average Bonchev–Trinajstić information content (AvgIpc) is 3.06. The van der Waals surface area contributed by atoms with Crippen molar-refractivity contribution in [3.8, 4) is 5.75 Å². The zero-order chi connectivity index (χ0) is 19.5. The van der Waals surface area contributed by atoms with Gasteiger partial charge in [-0.25, -0.2) is 0 Å². The number of nitrogens with one attached hydrogen (secondary N) is 1. The summed E-state index contributed by atoms with van der Waals surface area (Å²) in [4.78, 5) is 16.4. The molecule has 3 fully saturated rings. The second kappa shape index (κ2) is 6.33. The number of nitrogens with zero attached hydrogens (tertiary/aromatic N) is 1. The van der Waals surface area contributed by atoms with Crippen molar-refractivity contribution in [1.82, 2.24) is 10.3 Å². The molecule has 1 aliphatic heterocycles. The molecule has 1 amide bonds. The number of amides is 1. The second-order valence-corrected chi connectivity index (χ2v) is 10.0. The number of piperidine rings is 1. The molecule has 4 nitrogen and oxygen atoms in total. The fourth-order valence-corrected chi connectivity index (χ4v) is 7.39. The van der Waals surface area contributed by atoms with E-state index in [9.17, 15) is 4.79 Å². The number of carbonyl (C=O) groups excluding carboxylic acids is 1. The molecule has 1 saturated heterocycles. The summed E-state index contributed by atoms with van der Waals surface area (Å²) >= 11 is 0. The van der Waals surface area contributed by atoms with Gasteiger partial charge in [-0.3, -0.25) is 9.78 Å². The number of ether oxygens (including phenoxy) is 1. The third-order valence-electron chi connectivity index (χ3n) is 8.94. The maximum atomic E-state index is 12.0. The fourth-order valence-electron chi connectivity index (χ4n) is 7.39. The molecule has 4 heteroatoms. The van der Waals surface area contributed by atoms with Gasteiger partial charge >= 0.3 is 0 Å². The Balaban J connectivity index is 1.44. The molecule has 2 heterocycles. The van der Waals surface area contributed by atoms with E-state index in [1.165, 1.54) is 36.8 Å². The molecule has 0 radical (unpaired) electrons. The Morgan fingerprint density at radius 1 is 1.14 bits per heavy atom. The molecule has 3 aliphatic carbocycles. The molecule has 2 saturated carbocycles. The summed E-state index contributed by atoms with van der Waals surface area (Å²) < 4.78 is 5.43. The lowest BCUT2D eigenvalue weighted by molar-refractivity contribution is -0.134. The number of fused-ring (bicyclic) bond motifs is 5. The fraction of sp³-hybridized carbons (Fsp3) is 0.667. The molecule has 0 spiro atoms. The van der Waals surface area contributed by atoms with Gasteiger partial charge in [-0.2, -0.15) is 0 Å². The standard InChI is InChI=1S/C24H32N2O2/c1-23-10-8-20-17(4-7-21-24(20,2)11-9-22(27)26-21)19(23)6-5-18(23)15-12-16(28-3)14-25-13-15/h5,12-14,17,19-21H,4,6-11H2,1-3H3,(H,26,27)/t17-,19-,20-,21?,23+,24+/m0/s1. The lowest BCUT2D eigenvalue weighted by atomic mass is 9.47. The SMILES string of the molecule is COc1cncc(C2=CC[C@H]3[C@@H]4CCC5NC(=O)CC[C@]5(C)[C@H]4CC[C@]23C)c1. The van der Waals surface area contributed by atoms with Gasteiger partial charge in [-0.15, -0.1) is 0 Å². The van der Waals surface area contributed by atoms with Crippen LogP contribution < -0.4 is 10.1 Å². The molecular formula is C24H32N2O2. The van der Waals surface area contributed by atoms with E-state index in [-0.39, 0.29) is 16.7 Å². The summed E-state index contributed by atoms with van der Waals surface area (Å²) in [6.07, 6.45) is 14.1. The predicted molar refractivity (Wildman–Crippen MR) is 110 cm³/mol. The van der Waals surface area contributed by atoms with Gasteiger partial charge in [0, 0.05) is 18.7 Å². The van der Waals surface area contributed by atoms with E-state index in [1.54, 1.807) is 13.3 Å². The van der Waals surface area contributed by atoms with Crippen molar-refractivity contribution in [2.45, 2.75) is 64.8 Å². The molecule has 0 bridgehead atoms. The van der Waals surface area contributed by atoms with Crippen LogP contribution in [0.25, 0.3) is 5.57 Å². The zero-order valence-corrected chi connectivity index (χ0v) is 17.3. The quantitative estimate of drug-likeness (QED) is 0.815. The largest absolute Gasteiger partial charge is 0.495 e. The van der Waals surface area contributed by atoms with Crippen LogP contribution in [0.3, 0.4) is 0 Å². The molecule has 0 aromatic carbocycles. The third-order valence-corrected chi connectivity index (χ3v) is 8.94.